The van der Waals surface area contributed by atoms with Crippen LogP contribution < -0.4 is 0 Å². The Balaban J connectivity index is 2.20. The molecule has 0 aliphatic rings. The molecule has 0 spiro atoms. The van der Waals surface area contributed by atoms with E-state index in [1.807, 2.05) is 44.2 Å². The van der Waals surface area contributed by atoms with Crippen molar-refractivity contribution >= 4 is 28.6 Å². The number of aromatic amines is 1. The zero-order valence-corrected chi connectivity index (χ0v) is 15.3. The summed E-state index contributed by atoms with van der Waals surface area (Å²) in [6.07, 6.45) is 1.89. The summed E-state index contributed by atoms with van der Waals surface area (Å²) in [5.74, 6) is -2.57. The van der Waals surface area contributed by atoms with Gasteiger partial charge in [0.1, 0.15) is 0 Å². The molecule has 138 valence electrons. The van der Waals surface area contributed by atoms with E-state index in [4.69, 9.17) is 4.74 Å². The SMILES string of the molecule is C=CC(C)(C)c1[nH]c2ccccc2c1CC(=O)COC(=O)C(=O)OCC. The lowest BCUT2D eigenvalue weighted by Crippen LogP contribution is -2.24. The Labute approximate surface area is 152 Å². The fraction of sp³-hybridized carbons (Fsp3) is 0.350. The van der Waals surface area contributed by atoms with Gasteiger partial charge in [-0.3, -0.25) is 4.79 Å². The van der Waals surface area contributed by atoms with E-state index < -0.39 is 18.5 Å². The van der Waals surface area contributed by atoms with Gasteiger partial charge in [-0.1, -0.05) is 38.1 Å². The fourth-order valence-electron chi connectivity index (χ4n) is 2.68. The van der Waals surface area contributed by atoms with Gasteiger partial charge in [-0.05, 0) is 18.6 Å². The van der Waals surface area contributed by atoms with E-state index >= 15 is 0 Å². The van der Waals surface area contributed by atoms with Crippen molar-refractivity contribution in [3.63, 3.8) is 0 Å². The van der Waals surface area contributed by atoms with Crippen molar-refractivity contribution in [3.05, 3.63) is 48.2 Å². The second kappa shape index (κ2) is 7.99. The van der Waals surface area contributed by atoms with Crippen molar-refractivity contribution in [2.24, 2.45) is 0 Å². The molecule has 1 N–H and O–H groups in total. The van der Waals surface area contributed by atoms with Crippen LogP contribution in [0.1, 0.15) is 32.0 Å². The van der Waals surface area contributed by atoms with Crippen molar-refractivity contribution in [2.75, 3.05) is 13.2 Å². The Hall–Kier alpha value is -2.89. The Kier molecular flexibility index (Phi) is 5.97. The molecular formula is C20H23NO5. The quantitative estimate of drug-likeness (QED) is 0.468. The Morgan fingerprint density at radius 2 is 1.81 bits per heavy atom. The second-order valence-electron chi connectivity index (χ2n) is 6.46. The molecule has 6 nitrogen and oxygen atoms in total. The number of aromatic nitrogens is 1. The van der Waals surface area contributed by atoms with Crippen molar-refractivity contribution < 1.29 is 23.9 Å². The first-order valence-corrected chi connectivity index (χ1v) is 8.39. The highest BCUT2D eigenvalue weighted by Crippen LogP contribution is 2.32. The number of benzene rings is 1. The number of hydrogen-bond donors (Lipinski definition) is 1. The Morgan fingerprint density at radius 3 is 2.46 bits per heavy atom. The number of carbonyl (C=O) groups is 3. The highest BCUT2D eigenvalue weighted by atomic mass is 16.6. The molecule has 0 aliphatic heterocycles. The Morgan fingerprint density at radius 1 is 1.15 bits per heavy atom. The number of nitrogens with one attached hydrogen (secondary N) is 1. The molecule has 0 radical (unpaired) electrons. The van der Waals surface area contributed by atoms with Crippen LogP contribution in [0.5, 0.6) is 0 Å². The summed E-state index contributed by atoms with van der Waals surface area (Å²) >= 11 is 0. The number of rotatable bonds is 7. The molecule has 0 atom stereocenters. The number of ketones is 1. The number of ether oxygens (including phenoxy) is 2. The summed E-state index contributed by atoms with van der Waals surface area (Å²) in [4.78, 5) is 38.4. The van der Waals surface area contributed by atoms with Crippen molar-refractivity contribution in [2.45, 2.75) is 32.6 Å². The van der Waals surface area contributed by atoms with Gasteiger partial charge >= 0.3 is 11.9 Å². The van der Waals surface area contributed by atoms with Crippen LogP contribution in [-0.2, 0) is 35.7 Å². The maximum Gasteiger partial charge on any atom is 0.417 e. The van der Waals surface area contributed by atoms with Crippen LogP contribution in [0.15, 0.2) is 36.9 Å². The van der Waals surface area contributed by atoms with Gasteiger partial charge in [0, 0.05) is 28.4 Å². The number of esters is 2. The summed E-state index contributed by atoms with van der Waals surface area (Å²) in [5.41, 5.74) is 2.28. The van der Waals surface area contributed by atoms with E-state index in [1.165, 1.54) is 0 Å². The highest BCUT2D eigenvalue weighted by molar-refractivity contribution is 6.29. The van der Waals surface area contributed by atoms with Crippen LogP contribution >= 0.6 is 0 Å². The lowest BCUT2D eigenvalue weighted by molar-refractivity contribution is -0.168. The van der Waals surface area contributed by atoms with Crippen molar-refractivity contribution in [1.82, 2.24) is 4.98 Å². The predicted molar refractivity (Wildman–Crippen MR) is 97.8 cm³/mol. The van der Waals surface area contributed by atoms with Crippen molar-refractivity contribution in [1.29, 1.82) is 0 Å². The Bertz CT molecular complexity index is 847. The topological polar surface area (TPSA) is 85.5 Å². The monoisotopic (exact) mass is 357 g/mol. The van der Waals surface area contributed by atoms with Crippen LogP contribution in [0.2, 0.25) is 0 Å². The largest absolute Gasteiger partial charge is 0.458 e. The first kappa shape index (κ1) is 19.4. The summed E-state index contributed by atoms with van der Waals surface area (Å²) in [6, 6.07) is 7.68. The van der Waals surface area contributed by atoms with Gasteiger partial charge in [0.15, 0.2) is 12.4 Å². The van der Waals surface area contributed by atoms with Gasteiger partial charge in [0.05, 0.1) is 6.61 Å². The number of allylic oxidation sites excluding steroid dienone is 1. The van der Waals surface area contributed by atoms with Gasteiger partial charge in [-0.15, -0.1) is 6.58 Å². The molecule has 0 saturated carbocycles. The third-order valence-electron chi connectivity index (χ3n) is 4.15. The van der Waals surface area contributed by atoms with Gasteiger partial charge in [-0.25, -0.2) is 9.59 Å². The molecule has 0 fully saturated rings. The number of hydrogen-bond acceptors (Lipinski definition) is 5. The molecule has 2 rings (SSSR count). The van der Waals surface area contributed by atoms with E-state index in [2.05, 4.69) is 16.3 Å². The lowest BCUT2D eigenvalue weighted by Gasteiger charge is -2.20. The minimum Gasteiger partial charge on any atom is -0.458 e. The lowest BCUT2D eigenvalue weighted by atomic mass is 9.85. The normalized spacial score (nSPS) is 11.2. The van der Waals surface area contributed by atoms with E-state index in [0.717, 1.165) is 22.2 Å². The molecule has 0 unspecified atom stereocenters. The molecule has 6 heteroatoms. The van der Waals surface area contributed by atoms with Gasteiger partial charge in [0.25, 0.3) is 0 Å². The first-order chi connectivity index (χ1) is 12.3. The van der Waals surface area contributed by atoms with E-state index in [0.29, 0.717) is 0 Å². The molecule has 1 aromatic carbocycles. The van der Waals surface area contributed by atoms with Gasteiger partial charge in [0.2, 0.25) is 0 Å². The molecule has 1 aromatic heterocycles. The third kappa shape index (κ3) is 4.20. The predicted octanol–water partition coefficient (Wildman–Crippen LogP) is 2.85. The van der Waals surface area contributed by atoms with E-state index in [-0.39, 0.29) is 24.2 Å². The number of Topliss-reactive ketones (excluding diaryl/α,β-unsaturated/α-hetero) is 1. The maximum absolute atomic E-state index is 12.3. The smallest absolute Gasteiger partial charge is 0.417 e. The average Bonchev–Trinajstić information content (AvgIpc) is 2.99. The molecule has 0 amide bonds. The molecule has 0 saturated heterocycles. The van der Waals surface area contributed by atoms with Gasteiger partial charge in [-0.2, -0.15) is 0 Å². The van der Waals surface area contributed by atoms with Crippen LogP contribution in [0.4, 0.5) is 0 Å². The van der Waals surface area contributed by atoms with Crippen LogP contribution in [-0.4, -0.2) is 35.9 Å². The molecule has 1 heterocycles. The molecule has 2 aromatic rings. The van der Waals surface area contributed by atoms with E-state index in [9.17, 15) is 14.4 Å². The zero-order chi connectivity index (χ0) is 19.3. The fourth-order valence-corrected chi connectivity index (χ4v) is 2.68. The molecular weight excluding hydrogens is 334 g/mol. The second-order valence-corrected chi connectivity index (χ2v) is 6.46. The number of para-hydroxylation sites is 1. The third-order valence-corrected chi connectivity index (χ3v) is 4.15. The molecule has 26 heavy (non-hydrogen) atoms. The number of H-pyrrole nitrogens is 1. The molecule has 0 bridgehead atoms. The van der Waals surface area contributed by atoms with Crippen molar-refractivity contribution in [3.8, 4) is 0 Å². The summed E-state index contributed by atoms with van der Waals surface area (Å²) < 4.78 is 9.27. The molecule has 0 aliphatic carbocycles. The average molecular weight is 357 g/mol. The van der Waals surface area contributed by atoms with Crippen LogP contribution in [0.3, 0.4) is 0 Å². The number of fused-ring (bicyclic) bond motifs is 1. The summed E-state index contributed by atoms with van der Waals surface area (Å²) in [7, 11) is 0. The van der Waals surface area contributed by atoms with Gasteiger partial charge < -0.3 is 14.5 Å². The minimum atomic E-state index is -1.16. The van der Waals surface area contributed by atoms with Crippen LogP contribution in [0.25, 0.3) is 10.9 Å². The van der Waals surface area contributed by atoms with Crippen LogP contribution in [0, 0.1) is 0 Å². The first-order valence-electron chi connectivity index (χ1n) is 8.39. The summed E-state index contributed by atoms with van der Waals surface area (Å²) in [5, 5.41) is 0.933. The maximum atomic E-state index is 12.3. The highest BCUT2D eigenvalue weighted by Gasteiger charge is 2.26. The zero-order valence-electron chi connectivity index (χ0n) is 15.3. The van der Waals surface area contributed by atoms with E-state index in [1.54, 1.807) is 6.92 Å². The summed E-state index contributed by atoms with van der Waals surface area (Å²) in [6.45, 7) is 9.03. The minimum absolute atomic E-state index is 0.0667. The number of carbonyl (C=O) groups excluding carboxylic acids is 3. The standard InChI is InChI=1S/C20H23NO5/c1-5-20(3,4)17-15(14-9-7-8-10-16(14)21-17)11-13(22)12-26-19(24)18(23)25-6-2/h5,7-10,21H,1,6,11-12H2,2-4H3.